The highest BCUT2D eigenvalue weighted by atomic mass is 16.5. The van der Waals surface area contributed by atoms with E-state index in [4.69, 9.17) is 4.52 Å². The van der Waals surface area contributed by atoms with Crippen molar-refractivity contribution < 1.29 is 4.52 Å². The summed E-state index contributed by atoms with van der Waals surface area (Å²) in [6.07, 6.45) is 1.47. The predicted octanol–water partition coefficient (Wildman–Crippen LogP) is 2.91. The van der Waals surface area contributed by atoms with E-state index < -0.39 is 0 Å². The second-order valence-corrected chi connectivity index (χ2v) is 7.60. The van der Waals surface area contributed by atoms with E-state index in [0.717, 1.165) is 43.0 Å². The molecule has 8 heteroatoms. The van der Waals surface area contributed by atoms with Crippen molar-refractivity contribution in [2.45, 2.75) is 0 Å². The molecule has 4 aromatic rings. The monoisotopic (exact) mass is 414 g/mol. The molecule has 0 bridgehead atoms. The number of anilines is 1. The summed E-state index contributed by atoms with van der Waals surface area (Å²) in [6, 6.07) is 17.5. The zero-order valence-corrected chi connectivity index (χ0v) is 17.2. The number of piperazine rings is 1. The first kappa shape index (κ1) is 19.2. The summed E-state index contributed by atoms with van der Waals surface area (Å²) in [7, 11) is 2.14. The Morgan fingerprint density at radius 3 is 2.52 bits per heavy atom. The number of aromatic amines is 1. The van der Waals surface area contributed by atoms with Crippen LogP contribution in [0.4, 0.5) is 5.69 Å². The summed E-state index contributed by atoms with van der Waals surface area (Å²) in [5.74, 6) is 1.08. The number of rotatable bonds is 4. The molecule has 0 saturated carbocycles. The molecule has 2 aromatic heterocycles. The number of hydrogen-bond donors (Lipinski definition) is 1. The van der Waals surface area contributed by atoms with Crippen LogP contribution in [0.5, 0.6) is 0 Å². The normalized spacial score (nSPS) is 14.7. The smallest absolute Gasteiger partial charge is 0.265 e. The molecule has 3 heterocycles. The molecule has 0 spiro atoms. The van der Waals surface area contributed by atoms with Gasteiger partial charge in [-0.2, -0.15) is 4.98 Å². The minimum Gasteiger partial charge on any atom is -0.369 e. The van der Waals surface area contributed by atoms with Crippen LogP contribution in [0.1, 0.15) is 0 Å². The van der Waals surface area contributed by atoms with Crippen molar-refractivity contribution in [3.8, 4) is 34.2 Å². The van der Waals surface area contributed by atoms with Crippen molar-refractivity contribution in [1.29, 1.82) is 0 Å². The standard InChI is InChI=1S/C23H22N6O2/c1-28-10-12-29(13-11-28)18-9-5-8-17(14-18)21-26-23(31-27-21)19-15-24-20(25-22(19)30)16-6-3-2-4-7-16/h2-9,14-15H,10-13H2,1H3,(H,24,25,30). The number of hydrogen-bond acceptors (Lipinski definition) is 7. The molecule has 1 fully saturated rings. The molecule has 1 aliphatic heterocycles. The molecular formula is C23H22N6O2. The maximum Gasteiger partial charge on any atom is 0.265 e. The minimum absolute atomic E-state index is 0.147. The van der Waals surface area contributed by atoms with E-state index >= 15 is 0 Å². The lowest BCUT2D eigenvalue weighted by Crippen LogP contribution is -2.44. The fourth-order valence-electron chi connectivity index (χ4n) is 3.65. The summed E-state index contributed by atoms with van der Waals surface area (Å²) >= 11 is 0. The third-order valence-electron chi connectivity index (χ3n) is 5.48. The van der Waals surface area contributed by atoms with Crippen molar-refractivity contribution in [1.82, 2.24) is 25.0 Å². The molecule has 1 saturated heterocycles. The third kappa shape index (κ3) is 3.97. The average Bonchev–Trinajstić information content (AvgIpc) is 3.30. The average molecular weight is 414 g/mol. The van der Waals surface area contributed by atoms with Gasteiger partial charge in [0.15, 0.2) is 0 Å². The number of benzene rings is 2. The van der Waals surface area contributed by atoms with Crippen LogP contribution in [0, 0.1) is 0 Å². The van der Waals surface area contributed by atoms with E-state index in [-0.39, 0.29) is 17.0 Å². The number of H-pyrrole nitrogens is 1. The lowest BCUT2D eigenvalue weighted by atomic mass is 10.1. The maximum absolute atomic E-state index is 12.6. The molecule has 2 aromatic carbocycles. The Bertz CT molecular complexity index is 1240. The molecule has 8 nitrogen and oxygen atoms in total. The van der Waals surface area contributed by atoms with Crippen molar-refractivity contribution in [3.05, 3.63) is 71.1 Å². The first-order valence-electron chi connectivity index (χ1n) is 10.2. The largest absolute Gasteiger partial charge is 0.369 e. The van der Waals surface area contributed by atoms with Gasteiger partial charge in [0, 0.05) is 49.2 Å². The highest BCUT2D eigenvalue weighted by Crippen LogP contribution is 2.25. The van der Waals surface area contributed by atoms with Gasteiger partial charge in [-0.3, -0.25) is 4.79 Å². The number of nitrogens with zero attached hydrogens (tertiary/aromatic N) is 5. The van der Waals surface area contributed by atoms with Crippen LogP contribution < -0.4 is 10.5 Å². The fourth-order valence-corrected chi connectivity index (χ4v) is 3.65. The molecule has 1 aliphatic rings. The van der Waals surface area contributed by atoms with E-state index in [9.17, 15) is 4.79 Å². The summed E-state index contributed by atoms with van der Waals surface area (Å²) in [4.78, 5) is 28.9. The van der Waals surface area contributed by atoms with Gasteiger partial charge in [0.05, 0.1) is 0 Å². The molecular weight excluding hydrogens is 392 g/mol. The van der Waals surface area contributed by atoms with Crippen molar-refractivity contribution in [3.63, 3.8) is 0 Å². The Morgan fingerprint density at radius 1 is 0.968 bits per heavy atom. The molecule has 1 N–H and O–H groups in total. The Balaban J connectivity index is 1.41. The summed E-state index contributed by atoms with van der Waals surface area (Å²) in [5.41, 5.74) is 2.72. The zero-order chi connectivity index (χ0) is 21.2. The molecule has 156 valence electrons. The van der Waals surface area contributed by atoms with E-state index in [1.165, 1.54) is 6.20 Å². The second-order valence-electron chi connectivity index (χ2n) is 7.60. The SMILES string of the molecule is CN1CCN(c2cccc(-c3noc(-c4cnc(-c5ccccc5)[nH]c4=O)n3)c2)CC1. The van der Waals surface area contributed by atoms with Crippen LogP contribution >= 0.6 is 0 Å². The Kier molecular flexibility index (Phi) is 5.05. The lowest BCUT2D eigenvalue weighted by molar-refractivity contribution is 0.313. The lowest BCUT2D eigenvalue weighted by Gasteiger charge is -2.34. The zero-order valence-electron chi connectivity index (χ0n) is 17.2. The predicted molar refractivity (Wildman–Crippen MR) is 119 cm³/mol. The molecule has 0 unspecified atom stereocenters. The van der Waals surface area contributed by atoms with E-state index in [0.29, 0.717) is 11.6 Å². The Morgan fingerprint density at radius 2 is 1.74 bits per heavy atom. The van der Waals surface area contributed by atoms with Crippen LogP contribution in [-0.2, 0) is 0 Å². The number of aromatic nitrogens is 4. The number of likely N-dealkylation sites (N-methyl/N-ethyl adjacent to an activating group) is 1. The van der Waals surface area contributed by atoms with Crippen LogP contribution in [0.3, 0.4) is 0 Å². The number of nitrogens with one attached hydrogen (secondary N) is 1. The van der Waals surface area contributed by atoms with Gasteiger partial charge in [-0.1, -0.05) is 47.6 Å². The van der Waals surface area contributed by atoms with Gasteiger partial charge in [0.2, 0.25) is 5.82 Å². The van der Waals surface area contributed by atoms with Crippen LogP contribution in [-0.4, -0.2) is 58.2 Å². The highest BCUT2D eigenvalue weighted by molar-refractivity contribution is 5.65. The maximum atomic E-state index is 12.6. The van der Waals surface area contributed by atoms with Crippen molar-refractivity contribution in [2.24, 2.45) is 0 Å². The Hall–Kier alpha value is -3.78. The molecule has 0 aliphatic carbocycles. The van der Waals surface area contributed by atoms with E-state index in [2.05, 4.69) is 49.1 Å². The van der Waals surface area contributed by atoms with Gasteiger partial charge in [-0.25, -0.2) is 4.98 Å². The molecule has 31 heavy (non-hydrogen) atoms. The highest BCUT2D eigenvalue weighted by Gasteiger charge is 2.18. The summed E-state index contributed by atoms with van der Waals surface area (Å²) < 4.78 is 5.39. The van der Waals surface area contributed by atoms with Crippen LogP contribution in [0.15, 0.2) is 70.1 Å². The van der Waals surface area contributed by atoms with Gasteiger partial charge in [-0.05, 0) is 19.2 Å². The topological polar surface area (TPSA) is 91.2 Å². The molecule has 0 radical (unpaired) electrons. The summed E-state index contributed by atoms with van der Waals surface area (Å²) in [5, 5.41) is 4.09. The molecule has 0 atom stereocenters. The van der Waals surface area contributed by atoms with E-state index in [1.54, 1.807) is 0 Å². The van der Waals surface area contributed by atoms with Gasteiger partial charge < -0.3 is 19.3 Å². The molecule has 5 rings (SSSR count). The van der Waals surface area contributed by atoms with Gasteiger partial charge in [0.25, 0.3) is 11.4 Å². The first-order chi connectivity index (χ1) is 15.2. The van der Waals surface area contributed by atoms with Crippen molar-refractivity contribution >= 4 is 5.69 Å². The quantitative estimate of drug-likeness (QED) is 0.549. The Labute approximate surface area is 179 Å². The first-order valence-corrected chi connectivity index (χ1v) is 10.2. The van der Waals surface area contributed by atoms with Gasteiger partial charge in [0.1, 0.15) is 11.4 Å². The second kappa shape index (κ2) is 8.16. The fraction of sp³-hybridized carbons (Fsp3) is 0.217. The third-order valence-corrected chi connectivity index (χ3v) is 5.48. The van der Waals surface area contributed by atoms with Gasteiger partial charge >= 0.3 is 0 Å². The van der Waals surface area contributed by atoms with E-state index in [1.807, 2.05) is 42.5 Å². The van der Waals surface area contributed by atoms with Crippen LogP contribution in [0.25, 0.3) is 34.2 Å². The van der Waals surface area contributed by atoms with Crippen LogP contribution in [0.2, 0.25) is 0 Å². The minimum atomic E-state index is -0.324. The summed E-state index contributed by atoms with van der Waals surface area (Å²) in [6.45, 7) is 4.02. The molecule has 0 amide bonds. The van der Waals surface area contributed by atoms with Gasteiger partial charge in [-0.15, -0.1) is 0 Å². The van der Waals surface area contributed by atoms with Crippen molar-refractivity contribution in [2.75, 3.05) is 38.1 Å².